The van der Waals surface area contributed by atoms with E-state index in [2.05, 4.69) is 39.3 Å². The van der Waals surface area contributed by atoms with Gasteiger partial charge in [0.15, 0.2) is 0 Å². The van der Waals surface area contributed by atoms with Crippen molar-refractivity contribution in [1.82, 2.24) is 8.91 Å². The summed E-state index contributed by atoms with van der Waals surface area (Å²) in [4.78, 5) is 24.0. The molecule has 0 aliphatic carbocycles. The zero-order chi connectivity index (χ0) is 12.3. The van der Waals surface area contributed by atoms with E-state index in [-0.39, 0.29) is 11.8 Å². The van der Waals surface area contributed by atoms with Crippen molar-refractivity contribution in [1.29, 1.82) is 0 Å². The first kappa shape index (κ1) is 11.9. The maximum absolute atomic E-state index is 10.4. The third-order valence-electron chi connectivity index (χ3n) is 2.45. The van der Waals surface area contributed by atoms with Crippen molar-refractivity contribution in [2.45, 2.75) is 12.8 Å². The minimum Gasteiger partial charge on any atom is -0.361 e. The molecule has 0 bridgehead atoms. The van der Waals surface area contributed by atoms with Crippen molar-refractivity contribution in [2.24, 2.45) is 0 Å². The summed E-state index contributed by atoms with van der Waals surface area (Å²) >= 11 is 2.80. The number of hydrogen-bond acceptors (Lipinski definition) is 2. The molecule has 0 spiro atoms. The van der Waals surface area contributed by atoms with Gasteiger partial charge in [-0.05, 0) is 17.5 Å². The summed E-state index contributed by atoms with van der Waals surface area (Å²) < 4.78 is 0.979. The Balaban J connectivity index is 0.000000128. The molecular weight excluding hydrogens is 284 g/mol. The summed E-state index contributed by atoms with van der Waals surface area (Å²) in [5.74, 6) is -0.287. The van der Waals surface area contributed by atoms with Crippen molar-refractivity contribution < 1.29 is 9.59 Å². The second-order valence-corrected chi connectivity index (χ2v) is 4.34. The summed E-state index contributed by atoms with van der Waals surface area (Å²) in [5, 5.41) is 1.28. The van der Waals surface area contributed by atoms with Crippen LogP contribution in [0, 0.1) is 0 Å². The number of halogens is 1. The van der Waals surface area contributed by atoms with Gasteiger partial charge in [0, 0.05) is 24.6 Å². The van der Waals surface area contributed by atoms with E-state index in [9.17, 15) is 9.59 Å². The van der Waals surface area contributed by atoms with Gasteiger partial charge in [-0.15, -0.1) is 0 Å². The number of carbonyl (C=O) groups is 2. The Hall–Kier alpha value is -1.62. The van der Waals surface area contributed by atoms with E-state index in [1.165, 1.54) is 10.9 Å². The van der Waals surface area contributed by atoms with E-state index in [1.807, 2.05) is 18.3 Å². The lowest BCUT2D eigenvalue weighted by molar-refractivity contribution is -0.131. The number of imide groups is 1. The third kappa shape index (κ3) is 2.74. The summed E-state index contributed by atoms with van der Waals surface area (Å²) in [5.41, 5.74) is 1.21. The van der Waals surface area contributed by atoms with Crippen molar-refractivity contribution in [3.05, 3.63) is 36.5 Å². The average Bonchev–Trinajstić information content (AvgIpc) is 2.93. The fourth-order valence-corrected chi connectivity index (χ4v) is 1.90. The van der Waals surface area contributed by atoms with Gasteiger partial charge in [-0.1, -0.05) is 18.2 Å². The molecular formula is C12H11BrN2O2. The van der Waals surface area contributed by atoms with Crippen molar-refractivity contribution in [3.63, 3.8) is 0 Å². The van der Waals surface area contributed by atoms with Crippen LogP contribution in [-0.2, 0) is 9.59 Å². The van der Waals surface area contributed by atoms with Crippen LogP contribution >= 0.6 is 16.1 Å². The highest BCUT2D eigenvalue weighted by Crippen LogP contribution is 2.14. The van der Waals surface area contributed by atoms with Crippen LogP contribution < -0.4 is 0 Å². The zero-order valence-corrected chi connectivity index (χ0v) is 10.6. The standard InChI is InChI=1S/C8H7N.C4H4BrNO2/c1-2-4-8-7(3-1)5-6-9-8;5-6-3(7)1-2-4(6)8/h1-6,9H;1-2H2. The number of benzene rings is 1. The Kier molecular flexibility index (Phi) is 3.58. The fourth-order valence-electron chi connectivity index (χ4n) is 1.54. The fraction of sp³-hybridized carbons (Fsp3) is 0.167. The summed E-state index contributed by atoms with van der Waals surface area (Å²) in [6, 6.07) is 10.3. The number of nitrogens with one attached hydrogen (secondary N) is 1. The molecule has 1 saturated heterocycles. The van der Waals surface area contributed by atoms with Crippen LogP contribution in [0.4, 0.5) is 0 Å². The van der Waals surface area contributed by atoms with E-state index < -0.39 is 0 Å². The predicted molar refractivity (Wildman–Crippen MR) is 68.3 cm³/mol. The monoisotopic (exact) mass is 294 g/mol. The maximum Gasteiger partial charge on any atom is 0.239 e. The Morgan fingerprint density at radius 1 is 1.06 bits per heavy atom. The largest absolute Gasteiger partial charge is 0.361 e. The van der Waals surface area contributed by atoms with E-state index in [0.29, 0.717) is 12.8 Å². The number of fused-ring (bicyclic) bond motifs is 1. The molecule has 2 amide bonds. The molecule has 0 atom stereocenters. The molecule has 0 radical (unpaired) electrons. The SMILES string of the molecule is O=C1CCC(=O)N1Br.c1ccc2[nH]ccc2c1. The van der Waals surface area contributed by atoms with Gasteiger partial charge in [0.05, 0.1) is 16.1 Å². The van der Waals surface area contributed by atoms with Gasteiger partial charge in [-0.3, -0.25) is 9.59 Å². The number of hydrogen-bond donors (Lipinski definition) is 1. The van der Waals surface area contributed by atoms with Crippen LogP contribution in [0.3, 0.4) is 0 Å². The lowest BCUT2D eigenvalue weighted by Crippen LogP contribution is -2.16. The lowest BCUT2D eigenvalue weighted by Gasteiger charge is -1.97. The first-order chi connectivity index (χ1) is 8.18. The summed E-state index contributed by atoms with van der Waals surface area (Å²) in [7, 11) is 0. The quantitative estimate of drug-likeness (QED) is 0.600. The molecule has 2 heterocycles. The van der Waals surface area contributed by atoms with Gasteiger partial charge in [-0.25, -0.2) is 3.93 Å². The molecule has 1 aromatic carbocycles. The first-order valence-corrected chi connectivity index (χ1v) is 5.93. The van der Waals surface area contributed by atoms with Crippen LogP contribution in [0.25, 0.3) is 10.9 Å². The molecule has 1 aliphatic heterocycles. The van der Waals surface area contributed by atoms with E-state index in [1.54, 1.807) is 0 Å². The Labute approximate surface area is 107 Å². The lowest BCUT2D eigenvalue weighted by atomic mass is 10.3. The Morgan fingerprint density at radius 2 is 1.71 bits per heavy atom. The van der Waals surface area contributed by atoms with Gasteiger partial charge in [-0.2, -0.15) is 0 Å². The van der Waals surface area contributed by atoms with Gasteiger partial charge < -0.3 is 4.98 Å². The topological polar surface area (TPSA) is 53.2 Å². The highest BCUT2D eigenvalue weighted by atomic mass is 79.9. The summed E-state index contributed by atoms with van der Waals surface area (Å²) in [6.45, 7) is 0. The second kappa shape index (κ2) is 5.14. The number of aromatic amines is 1. The molecule has 5 heteroatoms. The molecule has 17 heavy (non-hydrogen) atoms. The third-order valence-corrected chi connectivity index (χ3v) is 3.24. The first-order valence-electron chi connectivity index (χ1n) is 5.22. The van der Waals surface area contributed by atoms with Gasteiger partial charge in [0.2, 0.25) is 11.8 Å². The second-order valence-electron chi connectivity index (χ2n) is 3.63. The number of para-hydroxylation sites is 1. The van der Waals surface area contributed by atoms with Crippen molar-refractivity contribution in [2.75, 3.05) is 0 Å². The zero-order valence-electron chi connectivity index (χ0n) is 9.02. The van der Waals surface area contributed by atoms with Gasteiger partial charge in [0.25, 0.3) is 0 Å². The molecule has 0 saturated carbocycles. The number of aromatic nitrogens is 1. The molecule has 2 aromatic rings. The number of amides is 2. The number of H-pyrrole nitrogens is 1. The van der Waals surface area contributed by atoms with Crippen LogP contribution in [0.5, 0.6) is 0 Å². The van der Waals surface area contributed by atoms with E-state index in [0.717, 1.165) is 3.93 Å². The molecule has 0 unspecified atom stereocenters. The Morgan fingerprint density at radius 3 is 2.24 bits per heavy atom. The molecule has 1 aromatic heterocycles. The molecule has 1 aliphatic rings. The van der Waals surface area contributed by atoms with Crippen LogP contribution in [-0.4, -0.2) is 20.7 Å². The Bertz CT molecular complexity index is 504. The van der Waals surface area contributed by atoms with Crippen LogP contribution in [0.15, 0.2) is 36.5 Å². The van der Waals surface area contributed by atoms with Gasteiger partial charge >= 0.3 is 0 Å². The normalized spacial score (nSPS) is 15.0. The minimum atomic E-state index is -0.144. The number of nitrogens with zero attached hydrogens (tertiary/aromatic N) is 1. The highest BCUT2D eigenvalue weighted by Gasteiger charge is 2.26. The number of rotatable bonds is 0. The maximum atomic E-state index is 10.4. The van der Waals surface area contributed by atoms with Gasteiger partial charge in [0.1, 0.15) is 0 Å². The molecule has 1 N–H and O–H groups in total. The van der Waals surface area contributed by atoms with E-state index >= 15 is 0 Å². The molecule has 1 fully saturated rings. The number of carbonyl (C=O) groups excluding carboxylic acids is 2. The summed E-state index contributed by atoms with van der Waals surface area (Å²) in [6.07, 6.45) is 2.65. The average molecular weight is 295 g/mol. The van der Waals surface area contributed by atoms with Crippen LogP contribution in [0.2, 0.25) is 0 Å². The van der Waals surface area contributed by atoms with E-state index in [4.69, 9.17) is 0 Å². The molecule has 3 rings (SSSR count). The predicted octanol–water partition coefficient (Wildman–Crippen LogP) is 2.61. The van der Waals surface area contributed by atoms with Crippen molar-refractivity contribution in [3.8, 4) is 0 Å². The molecule has 88 valence electrons. The van der Waals surface area contributed by atoms with Crippen molar-refractivity contribution >= 4 is 38.9 Å². The molecule has 4 nitrogen and oxygen atoms in total. The highest BCUT2D eigenvalue weighted by molar-refractivity contribution is 9.08. The van der Waals surface area contributed by atoms with Crippen LogP contribution in [0.1, 0.15) is 12.8 Å². The smallest absolute Gasteiger partial charge is 0.239 e. The minimum absolute atomic E-state index is 0.144.